The molecule has 1 fully saturated rings. The Balaban J connectivity index is 0.00000163. The van der Waals surface area contributed by atoms with Gasteiger partial charge in [-0.05, 0) is 37.8 Å². The number of ether oxygens (including phenoxy) is 1. The number of allylic oxidation sites excluding steroid dienone is 3. The summed E-state index contributed by atoms with van der Waals surface area (Å²) in [5.74, 6) is 0. The minimum atomic E-state index is -0.359. The number of hydrogen-bond donors (Lipinski definition) is 2. The van der Waals surface area contributed by atoms with Gasteiger partial charge in [0.2, 0.25) is 0 Å². The van der Waals surface area contributed by atoms with E-state index >= 15 is 0 Å². The molecule has 0 amide bonds. The first-order valence-corrected chi connectivity index (χ1v) is 10.3. The van der Waals surface area contributed by atoms with Crippen molar-refractivity contribution in [3.8, 4) is 0 Å². The van der Waals surface area contributed by atoms with Crippen LogP contribution in [-0.4, -0.2) is 35.1 Å². The fraction of sp³-hybridized carbons (Fsp3) is 0.545. The molecule has 0 spiro atoms. The van der Waals surface area contributed by atoms with Gasteiger partial charge in [-0.15, -0.1) is 24.5 Å². The predicted molar refractivity (Wildman–Crippen MR) is 112 cm³/mol. The largest absolute Gasteiger partial charge is 0.394 e. The van der Waals surface area contributed by atoms with E-state index in [4.69, 9.17) is 4.74 Å². The van der Waals surface area contributed by atoms with Gasteiger partial charge in [-0.2, -0.15) is 0 Å². The van der Waals surface area contributed by atoms with Gasteiger partial charge in [0.05, 0.1) is 24.9 Å². The highest BCUT2D eigenvalue weighted by atomic mass is 32.1. The number of hydrogen-bond acceptors (Lipinski definition) is 4. The van der Waals surface area contributed by atoms with Crippen LogP contribution in [0.15, 0.2) is 49.1 Å². The van der Waals surface area contributed by atoms with Crippen LogP contribution in [0.4, 0.5) is 0 Å². The molecular formula is C22H34O3S. The molecule has 1 aromatic rings. The molecule has 2 N–H and O–H groups in total. The lowest BCUT2D eigenvalue weighted by atomic mass is 9.99. The Morgan fingerprint density at radius 2 is 1.92 bits per heavy atom. The van der Waals surface area contributed by atoms with E-state index in [1.54, 1.807) is 0 Å². The van der Waals surface area contributed by atoms with Crippen LogP contribution in [0, 0.1) is 0 Å². The number of thiophene rings is 1. The Kier molecular flexibility index (Phi) is 11.5. The number of aliphatic hydroxyl groups excluding tert-OH is 2. The summed E-state index contributed by atoms with van der Waals surface area (Å²) in [4.78, 5) is 2.88. The third-order valence-corrected chi connectivity index (χ3v) is 5.68. The second-order valence-corrected chi connectivity index (χ2v) is 7.68. The predicted octanol–water partition coefficient (Wildman–Crippen LogP) is 4.84. The summed E-state index contributed by atoms with van der Waals surface area (Å²) in [7, 11) is 0. The topological polar surface area (TPSA) is 49.7 Å². The summed E-state index contributed by atoms with van der Waals surface area (Å²) in [6, 6.07) is 4.47. The first-order chi connectivity index (χ1) is 12.6. The van der Waals surface area contributed by atoms with Gasteiger partial charge in [-0.3, -0.25) is 0 Å². The summed E-state index contributed by atoms with van der Waals surface area (Å²) >= 11 is 1.91. The highest BCUT2D eigenvalue weighted by Gasteiger charge is 2.26. The smallest absolute Gasteiger partial charge is 0.0834 e. The highest BCUT2D eigenvalue weighted by Crippen LogP contribution is 2.23. The second kappa shape index (κ2) is 13.0. The first kappa shape index (κ1) is 22.8. The van der Waals surface area contributed by atoms with Crippen LogP contribution < -0.4 is 0 Å². The van der Waals surface area contributed by atoms with Crippen molar-refractivity contribution in [1.29, 1.82) is 0 Å². The maximum absolute atomic E-state index is 9.82. The van der Waals surface area contributed by atoms with Crippen LogP contribution in [0.5, 0.6) is 0 Å². The monoisotopic (exact) mass is 378 g/mol. The molecule has 0 bridgehead atoms. The third-order valence-electron chi connectivity index (χ3n) is 4.45. The quantitative estimate of drug-likeness (QED) is 0.503. The molecule has 1 aromatic heterocycles. The van der Waals surface area contributed by atoms with E-state index in [1.165, 1.54) is 15.3 Å². The summed E-state index contributed by atoms with van der Waals surface area (Å²) in [6.45, 7) is 10.4. The molecule has 3 nitrogen and oxygen atoms in total. The zero-order chi connectivity index (χ0) is 19.4. The number of aryl methyl sites for hydroxylation is 1. The molecule has 1 saturated heterocycles. The fourth-order valence-electron chi connectivity index (χ4n) is 3.02. The lowest BCUT2D eigenvalue weighted by Crippen LogP contribution is -2.37. The average molecular weight is 379 g/mol. The first-order valence-electron chi connectivity index (χ1n) is 9.51. The third kappa shape index (κ3) is 8.00. The zero-order valence-electron chi connectivity index (χ0n) is 16.2. The van der Waals surface area contributed by atoms with E-state index in [9.17, 15) is 10.2 Å². The molecule has 3 unspecified atom stereocenters. The Hall–Kier alpha value is -1.20. The molecule has 4 heteroatoms. The van der Waals surface area contributed by atoms with E-state index < -0.39 is 0 Å². The standard InChI is InChI=1S/C20H30O3S.C2H4/c1-3-15(11-20-10-9-19(4-2)24-20)7-5-6-8-17-12-16(22)13-18(14-21)23-17;1-2/h5-7,9-10,16-18,21-22H,3-4,8,11-14H2,1-2H3;1-2H2/b6-5-,15-7+;. The second-order valence-electron chi connectivity index (χ2n) is 6.43. The lowest BCUT2D eigenvalue weighted by molar-refractivity contribution is -0.110. The van der Waals surface area contributed by atoms with E-state index in [0.29, 0.717) is 12.8 Å². The van der Waals surface area contributed by atoms with Gasteiger partial charge in [0.25, 0.3) is 0 Å². The highest BCUT2D eigenvalue weighted by molar-refractivity contribution is 7.12. The average Bonchev–Trinajstić information content (AvgIpc) is 3.13. The molecule has 2 rings (SSSR count). The Morgan fingerprint density at radius 1 is 1.23 bits per heavy atom. The maximum Gasteiger partial charge on any atom is 0.0834 e. The summed E-state index contributed by atoms with van der Waals surface area (Å²) in [6.07, 6.45) is 11.0. The molecule has 1 aliphatic rings. The summed E-state index contributed by atoms with van der Waals surface area (Å²) in [5, 5.41) is 19.0. The van der Waals surface area contributed by atoms with Gasteiger partial charge >= 0.3 is 0 Å². The molecule has 0 saturated carbocycles. The molecule has 2 heterocycles. The number of aliphatic hydroxyl groups is 2. The molecule has 0 aromatic carbocycles. The van der Waals surface area contributed by atoms with E-state index in [-0.39, 0.29) is 24.9 Å². The van der Waals surface area contributed by atoms with Crippen LogP contribution in [0.1, 0.15) is 49.3 Å². The molecule has 0 aliphatic carbocycles. The van der Waals surface area contributed by atoms with Crippen molar-refractivity contribution in [1.82, 2.24) is 0 Å². The number of rotatable bonds is 8. The minimum absolute atomic E-state index is 0.00466. The van der Waals surface area contributed by atoms with Crippen molar-refractivity contribution in [2.75, 3.05) is 6.61 Å². The SMILES string of the molecule is C=C.CC/C(=C\C=C/CC1CC(O)CC(CO)O1)Cc1ccc(CC)s1. The normalized spacial score (nSPS) is 23.7. The van der Waals surface area contributed by atoms with Gasteiger partial charge in [0.15, 0.2) is 0 Å². The zero-order valence-corrected chi connectivity index (χ0v) is 17.0. The molecule has 26 heavy (non-hydrogen) atoms. The maximum atomic E-state index is 9.82. The van der Waals surface area contributed by atoms with Gasteiger partial charge < -0.3 is 14.9 Å². The van der Waals surface area contributed by atoms with Crippen molar-refractivity contribution in [2.24, 2.45) is 0 Å². The minimum Gasteiger partial charge on any atom is -0.394 e. The van der Waals surface area contributed by atoms with Crippen LogP contribution >= 0.6 is 11.3 Å². The van der Waals surface area contributed by atoms with Gasteiger partial charge in [-0.25, -0.2) is 0 Å². The van der Waals surface area contributed by atoms with Crippen molar-refractivity contribution >= 4 is 11.3 Å². The van der Waals surface area contributed by atoms with Crippen molar-refractivity contribution in [3.63, 3.8) is 0 Å². The summed E-state index contributed by atoms with van der Waals surface area (Å²) < 4.78 is 5.77. The van der Waals surface area contributed by atoms with E-state index in [1.807, 2.05) is 11.3 Å². The molecule has 0 radical (unpaired) electrons. The summed E-state index contributed by atoms with van der Waals surface area (Å²) in [5.41, 5.74) is 1.42. The lowest BCUT2D eigenvalue weighted by Gasteiger charge is -2.31. The van der Waals surface area contributed by atoms with Gasteiger partial charge in [-0.1, -0.05) is 37.6 Å². The van der Waals surface area contributed by atoms with Crippen molar-refractivity contribution in [2.45, 2.75) is 70.7 Å². The van der Waals surface area contributed by atoms with Crippen molar-refractivity contribution < 1.29 is 14.9 Å². The molecule has 3 atom stereocenters. The van der Waals surface area contributed by atoms with Crippen LogP contribution in [-0.2, 0) is 17.6 Å². The van der Waals surface area contributed by atoms with E-state index in [2.05, 4.69) is 57.4 Å². The fourth-order valence-corrected chi connectivity index (χ4v) is 4.03. The van der Waals surface area contributed by atoms with Gasteiger partial charge in [0.1, 0.15) is 0 Å². The molecule has 146 valence electrons. The van der Waals surface area contributed by atoms with E-state index in [0.717, 1.165) is 25.7 Å². The molecule has 1 aliphatic heterocycles. The molecular weight excluding hydrogens is 344 g/mol. The Bertz CT molecular complexity index is 561. The van der Waals surface area contributed by atoms with Crippen LogP contribution in [0.25, 0.3) is 0 Å². The Labute approximate surface area is 162 Å². The Morgan fingerprint density at radius 3 is 2.54 bits per heavy atom. The van der Waals surface area contributed by atoms with Gasteiger partial charge in [0, 0.05) is 22.6 Å². The van der Waals surface area contributed by atoms with Crippen molar-refractivity contribution in [3.05, 3.63) is 58.8 Å². The van der Waals surface area contributed by atoms with Crippen LogP contribution in [0.2, 0.25) is 0 Å². The van der Waals surface area contributed by atoms with Crippen LogP contribution in [0.3, 0.4) is 0 Å².